The van der Waals surface area contributed by atoms with E-state index >= 15 is 0 Å². The normalized spacial score (nSPS) is 11.7. The van der Waals surface area contributed by atoms with Crippen molar-refractivity contribution in [2.45, 2.75) is 18.7 Å². The number of sulfonamides is 1. The van der Waals surface area contributed by atoms with Crippen molar-refractivity contribution in [1.82, 2.24) is 9.29 Å². The van der Waals surface area contributed by atoms with Crippen LogP contribution >= 0.6 is 12.2 Å². The molecule has 0 spiro atoms. The fourth-order valence-electron chi connectivity index (χ4n) is 1.49. The summed E-state index contributed by atoms with van der Waals surface area (Å²) >= 11 is 4.81. The highest BCUT2D eigenvalue weighted by atomic mass is 32.2. The minimum absolute atomic E-state index is 0.0173. The molecule has 94 valence electrons. The standard InChI is InChI=1S/C10H15N3O2S2/c1-3-13(4-2)17(14,15)8-6-5-7-12-9(8)10(11)16/h5-7H,3-4H2,1-2H3,(H2,11,16). The number of rotatable bonds is 5. The predicted octanol–water partition coefficient (Wildman–Crippen LogP) is 0.746. The third-order valence-corrected chi connectivity index (χ3v) is 4.60. The van der Waals surface area contributed by atoms with Gasteiger partial charge < -0.3 is 5.73 Å². The molecular weight excluding hydrogens is 258 g/mol. The minimum Gasteiger partial charge on any atom is -0.388 e. The second kappa shape index (κ2) is 5.52. The first kappa shape index (κ1) is 14.0. The molecule has 0 unspecified atom stereocenters. The van der Waals surface area contributed by atoms with E-state index in [0.717, 1.165) is 0 Å². The number of hydrogen-bond acceptors (Lipinski definition) is 4. The number of hydrogen-bond donors (Lipinski definition) is 1. The Hall–Kier alpha value is -1.05. The van der Waals surface area contributed by atoms with Crippen molar-refractivity contribution < 1.29 is 8.42 Å². The quantitative estimate of drug-likeness (QED) is 0.801. The Labute approximate surface area is 107 Å². The Morgan fingerprint density at radius 1 is 1.47 bits per heavy atom. The van der Waals surface area contributed by atoms with Crippen LogP contribution in [0.25, 0.3) is 0 Å². The van der Waals surface area contributed by atoms with Gasteiger partial charge in [0.1, 0.15) is 15.6 Å². The molecule has 17 heavy (non-hydrogen) atoms. The lowest BCUT2D eigenvalue weighted by atomic mass is 10.3. The lowest BCUT2D eigenvalue weighted by molar-refractivity contribution is 0.445. The molecule has 0 amide bonds. The van der Waals surface area contributed by atoms with Gasteiger partial charge in [-0.3, -0.25) is 4.98 Å². The molecule has 2 N–H and O–H groups in total. The molecule has 1 rings (SSSR count). The Balaban J connectivity index is 3.38. The van der Waals surface area contributed by atoms with Crippen LogP contribution in [0.2, 0.25) is 0 Å². The number of pyridine rings is 1. The van der Waals surface area contributed by atoms with Crippen molar-refractivity contribution in [3.8, 4) is 0 Å². The van der Waals surface area contributed by atoms with Crippen LogP contribution < -0.4 is 5.73 Å². The van der Waals surface area contributed by atoms with Gasteiger partial charge in [-0.05, 0) is 12.1 Å². The van der Waals surface area contributed by atoms with E-state index in [-0.39, 0.29) is 15.6 Å². The van der Waals surface area contributed by atoms with Gasteiger partial charge in [0.25, 0.3) is 0 Å². The summed E-state index contributed by atoms with van der Waals surface area (Å²) in [6.45, 7) is 4.34. The fraction of sp³-hybridized carbons (Fsp3) is 0.400. The van der Waals surface area contributed by atoms with Crippen LogP contribution in [0.1, 0.15) is 19.5 Å². The molecule has 1 aromatic heterocycles. The van der Waals surface area contributed by atoms with Crippen LogP contribution in [-0.2, 0) is 10.0 Å². The number of nitrogens with zero attached hydrogens (tertiary/aromatic N) is 2. The molecule has 0 aromatic carbocycles. The molecule has 1 aromatic rings. The second-order valence-electron chi connectivity index (χ2n) is 3.30. The second-order valence-corrected chi connectivity index (χ2v) is 5.65. The van der Waals surface area contributed by atoms with Crippen LogP contribution in [-0.4, -0.2) is 35.8 Å². The average Bonchev–Trinajstić information content (AvgIpc) is 2.30. The number of aromatic nitrogens is 1. The molecule has 0 fully saturated rings. The Kier molecular flexibility index (Phi) is 4.55. The topological polar surface area (TPSA) is 76.3 Å². The lowest BCUT2D eigenvalue weighted by Crippen LogP contribution is -2.32. The molecule has 0 saturated heterocycles. The van der Waals surface area contributed by atoms with E-state index in [0.29, 0.717) is 13.1 Å². The first-order valence-corrected chi connectivity index (χ1v) is 7.04. The van der Waals surface area contributed by atoms with Gasteiger partial charge in [0.15, 0.2) is 0 Å². The van der Waals surface area contributed by atoms with E-state index in [1.165, 1.54) is 16.6 Å². The maximum absolute atomic E-state index is 12.3. The Morgan fingerprint density at radius 2 is 2.06 bits per heavy atom. The van der Waals surface area contributed by atoms with Gasteiger partial charge in [-0.25, -0.2) is 8.42 Å². The monoisotopic (exact) mass is 273 g/mol. The molecule has 0 aliphatic rings. The third-order valence-electron chi connectivity index (χ3n) is 2.33. The van der Waals surface area contributed by atoms with E-state index < -0.39 is 10.0 Å². The first-order valence-electron chi connectivity index (χ1n) is 5.20. The summed E-state index contributed by atoms with van der Waals surface area (Å²) in [6.07, 6.45) is 1.47. The minimum atomic E-state index is -3.57. The van der Waals surface area contributed by atoms with Gasteiger partial charge in [0.05, 0.1) is 0 Å². The zero-order chi connectivity index (χ0) is 13.1. The summed E-state index contributed by atoms with van der Waals surface area (Å²) in [7, 11) is -3.57. The van der Waals surface area contributed by atoms with Crippen molar-refractivity contribution in [3.63, 3.8) is 0 Å². The summed E-state index contributed by atoms with van der Waals surface area (Å²) in [5.74, 6) is 0. The molecule has 0 atom stereocenters. The molecular formula is C10H15N3O2S2. The van der Waals surface area contributed by atoms with Gasteiger partial charge in [-0.1, -0.05) is 26.1 Å². The van der Waals surface area contributed by atoms with Crippen molar-refractivity contribution in [2.75, 3.05) is 13.1 Å². The van der Waals surface area contributed by atoms with Crippen molar-refractivity contribution in [1.29, 1.82) is 0 Å². The van der Waals surface area contributed by atoms with E-state index in [9.17, 15) is 8.42 Å². The summed E-state index contributed by atoms with van der Waals surface area (Å²) < 4.78 is 25.9. The molecule has 1 heterocycles. The molecule has 0 radical (unpaired) electrons. The van der Waals surface area contributed by atoms with Gasteiger partial charge in [0.2, 0.25) is 10.0 Å². The van der Waals surface area contributed by atoms with Gasteiger partial charge in [0, 0.05) is 19.3 Å². The maximum atomic E-state index is 12.3. The average molecular weight is 273 g/mol. The van der Waals surface area contributed by atoms with E-state index in [1.54, 1.807) is 19.9 Å². The number of thiocarbonyl (C=S) groups is 1. The highest BCUT2D eigenvalue weighted by Gasteiger charge is 2.25. The maximum Gasteiger partial charge on any atom is 0.245 e. The van der Waals surface area contributed by atoms with Crippen molar-refractivity contribution in [2.24, 2.45) is 5.73 Å². The van der Waals surface area contributed by atoms with Crippen molar-refractivity contribution >= 4 is 27.2 Å². The molecule has 7 heteroatoms. The van der Waals surface area contributed by atoms with E-state index in [4.69, 9.17) is 18.0 Å². The Morgan fingerprint density at radius 3 is 2.53 bits per heavy atom. The molecule has 5 nitrogen and oxygen atoms in total. The highest BCUT2D eigenvalue weighted by molar-refractivity contribution is 7.89. The molecule has 0 aliphatic heterocycles. The van der Waals surface area contributed by atoms with E-state index in [2.05, 4.69) is 4.98 Å². The zero-order valence-electron chi connectivity index (χ0n) is 9.75. The molecule has 0 bridgehead atoms. The number of nitrogens with two attached hydrogens (primary N) is 1. The SMILES string of the molecule is CCN(CC)S(=O)(=O)c1cccnc1C(N)=S. The van der Waals surface area contributed by atoms with Crippen LogP contribution in [0.15, 0.2) is 23.2 Å². The summed E-state index contributed by atoms with van der Waals surface area (Å²) in [5.41, 5.74) is 5.63. The fourth-order valence-corrected chi connectivity index (χ4v) is 3.33. The van der Waals surface area contributed by atoms with Crippen LogP contribution in [0.5, 0.6) is 0 Å². The van der Waals surface area contributed by atoms with Crippen LogP contribution in [0, 0.1) is 0 Å². The van der Waals surface area contributed by atoms with Gasteiger partial charge >= 0.3 is 0 Å². The lowest BCUT2D eigenvalue weighted by Gasteiger charge is -2.19. The van der Waals surface area contributed by atoms with E-state index in [1.807, 2.05) is 0 Å². The van der Waals surface area contributed by atoms with Crippen LogP contribution in [0.4, 0.5) is 0 Å². The molecule has 0 aliphatic carbocycles. The van der Waals surface area contributed by atoms with Gasteiger partial charge in [-0.15, -0.1) is 0 Å². The summed E-state index contributed by atoms with van der Waals surface area (Å²) in [5, 5.41) is 0. The largest absolute Gasteiger partial charge is 0.388 e. The first-order chi connectivity index (χ1) is 7.95. The summed E-state index contributed by atoms with van der Waals surface area (Å²) in [4.78, 5) is 3.97. The highest BCUT2D eigenvalue weighted by Crippen LogP contribution is 2.18. The Bertz CT molecular complexity index is 510. The smallest absolute Gasteiger partial charge is 0.245 e. The summed E-state index contributed by atoms with van der Waals surface area (Å²) in [6, 6.07) is 3.02. The third kappa shape index (κ3) is 2.80. The van der Waals surface area contributed by atoms with Crippen LogP contribution in [0.3, 0.4) is 0 Å². The van der Waals surface area contributed by atoms with Crippen molar-refractivity contribution in [3.05, 3.63) is 24.0 Å². The zero-order valence-corrected chi connectivity index (χ0v) is 11.4. The predicted molar refractivity (Wildman–Crippen MR) is 70.2 cm³/mol. The van der Waals surface area contributed by atoms with Gasteiger partial charge in [-0.2, -0.15) is 4.31 Å². The molecule has 0 saturated carbocycles.